The van der Waals surface area contributed by atoms with E-state index in [-0.39, 0.29) is 11.3 Å². The zero-order valence-electron chi connectivity index (χ0n) is 16.3. The van der Waals surface area contributed by atoms with Gasteiger partial charge in [-0.15, -0.1) is 0 Å². The Hall–Kier alpha value is -1.89. The van der Waals surface area contributed by atoms with E-state index in [2.05, 4.69) is 28.3 Å². The third-order valence-electron chi connectivity index (χ3n) is 6.62. The number of rotatable bonds is 5. The monoisotopic (exact) mass is 374 g/mol. The normalized spacial score (nSPS) is 25.4. The van der Waals surface area contributed by atoms with Crippen molar-refractivity contribution in [3.8, 4) is 0 Å². The Kier molecular flexibility index (Phi) is 4.74. The summed E-state index contributed by atoms with van der Waals surface area (Å²) in [7, 11) is 0. The number of hydrogen-bond acceptors (Lipinski definition) is 4. The highest BCUT2D eigenvalue weighted by atomic mass is 16.4. The number of likely N-dealkylation sites (tertiary alicyclic amines) is 2. The third-order valence-corrected chi connectivity index (χ3v) is 6.62. The first-order chi connectivity index (χ1) is 12.9. The van der Waals surface area contributed by atoms with Crippen molar-refractivity contribution in [3.63, 3.8) is 0 Å². The molecule has 27 heavy (non-hydrogen) atoms. The fraction of sp³-hybridized carbons (Fsp3) is 0.750. The molecular weight excluding hydrogens is 344 g/mol. The maximum atomic E-state index is 12.3. The second kappa shape index (κ2) is 6.93. The summed E-state index contributed by atoms with van der Waals surface area (Å²) in [4.78, 5) is 32.6. The van der Waals surface area contributed by atoms with E-state index in [1.165, 1.54) is 0 Å². The molecule has 1 atom stereocenters. The summed E-state index contributed by atoms with van der Waals surface area (Å²) >= 11 is 0. The summed E-state index contributed by atoms with van der Waals surface area (Å²) in [5, 5.41) is 9.80. The number of carboxylic acids is 1. The van der Waals surface area contributed by atoms with Crippen LogP contribution in [0.15, 0.2) is 12.5 Å². The minimum atomic E-state index is -0.737. The van der Waals surface area contributed by atoms with Crippen LogP contribution in [0.4, 0.5) is 0 Å². The smallest absolute Gasteiger partial charge is 0.320 e. The Morgan fingerprint density at radius 2 is 2.00 bits per heavy atom. The highest BCUT2D eigenvalue weighted by Crippen LogP contribution is 2.45. The topological polar surface area (TPSA) is 78.7 Å². The number of nitrogens with zero attached hydrogens (tertiary/aromatic N) is 4. The number of imidazole rings is 1. The number of carbonyl (C=O) groups excluding carboxylic acids is 1. The first-order valence-corrected chi connectivity index (χ1v) is 10.1. The molecule has 1 aromatic heterocycles. The molecule has 0 radical (unpaired) electrons. The average molecular weight is 374 g/mol. The molecule has 0 bridgehead atoms. The average Bonchev–Trinajstić information content (AvgIpc) is 3.28. The molecule has 0 aromatic carbocycles. The van der Waals surface area contributed by atoms with Gasteiger partial charge in [-0.05, 0) is 51.4 Å². The van der Waals surface area contributed by atoms with Crippen molar-refractivity contribution in [1.82, 2.24) is 19.4 Å². The molecule has 1 aromatic rings. The predicted molar refractivity (Wildman–Crippen MR) is 100 cm³/mol. The first kappa shape index (κ1) is 18.5. The molecule has 1 unspecified atom stereocenters. The summed E-state index contributed by atoms with van der Waals surface area (Å²) in [5.74, 6) is -0.156. The first-order valence-electron chi connectivity index (χ1n) is 10.1. The molecule has 3 aliphatic rings. The molecule has 4 rings (SSSR count). The molecule has 2 aliphatic heterocycles. The van der Waals surface area contributed by atoms with Gasteiger partial charge in [-0.2, -0.15) is 0 Å². The highest BCUT2D eigenvalue weighted by Gasteiger charge is 2.49. The Morgan fingerprint density at radius 3 is 2.59 bits per heavy atom. The summed E-state index contributed by atoms with van der Waals surface area (Å²) < 4.78 is 2.11. The van der Waals surface area contributed by atoms with Gasteiger partial charge in [-0.3, -0.25) is 14.5 Å². The van der Waals surface area contributed by atoms with Crippen molar-refractivity contribution in [2.24, 2.45) is 11.3 Å². The molecule has 7 nitrogen and oxygen atoms in total. The van der Waals surface area contributed by atoms with E-state index in [1.807, 2.05) is 17.4 Å². The van der Waals surface area contributed by atoms with Crippen LogP contribution in [0.25, 0.3) is 0 Å². The zero-order valence-corrected chi connectivity index (χ0v) is 16.3. The van der Waals surface area contributed by atoms with Crippen LogP contribution in [-0.2, 0) is 16.1 Å². The maximum Gasteiger partial charge on any atom is 0.320 e. The minimum absolute atomic E-state index is 0.0199. The lowest BCUT2D eigenvalue weighted by Gasteiger charge is -2.39. The number of amides is 1. The van der Waals surface area contributed by atoms with Crippen LogP contribution >= 0.6 is 0 Å². The molecule has 7 heteroatoms. The molecular formula is C20H30N4O3. The molecule has 3 heterocycles. The van der Waals surface area contributed by atoms with Crippen molar-refractivity contribution in [3.05, 3.63) is 18.2 Å². The molecule has 3 fully saturated rings. The van der Waals surface area contributed by atoms with Crippen LogP contribution in [0.1, 0.15) is 57.7 Å². The van der Waals surface area contributed by atoms with Gasteiger partial charge in [0.1, 0.15) is 6.04 Å². The quantitative estimate of drug-likeness (QED) is 0.854. The van der Waals surface area contributed by atoms with Crippen LogP contribution < -0.4 is 0 Å². The number of hydrogen-bond donors (Lipinski definition) is 1. The molecule has 1 N–H and O–H groups in total. The van der Waals surface area contributed by atoms with Gasteiger partial charge in [-0.25, -0.2) is 4.98 Å². The number of carbonyl (C=O) groups is 2. The minimum Gasteiger partial charge on any atom is -0.480 e. The fourth-order valence-electron chi connectivity index (χ4n) is 4.83. The fourth-order valence-corrected chi connectivity index (χ4v) is 4.83. The zero-order chi connectivity index (χ0) is 19.2. The van der Waals surface area contributed by atoms with Gasteiger partial charge in [0.15, 0.2) is 0 Å². The molecule has 1 aliphatic carbocycles. The predicted octanol–water partition coefficient (Wildman–Crippen LogP) is 2.14. The summed E-state index contributed by atoms with van der Waals surface area (Å²) in [5.41, 5.74) is 1.08. The molecule has 2 saturated heterocycles. The van der Waals surface area contributed by atoms with Crippen molar-refractivity contribution in [2.45, 2.75) is 64.6 Å². The van der Waals surface area contributed by atoms with Crippen molar-refractivity contribution < 1.29 is 14.7 Å². The molecule has 148 valence electrons. The van der Waals surface area contributed by atoms with E-state index in [0.29, 0.717) is 24.9 Å². The van der Waals surface area contributed by atoms with E-state index in [9.17, 15) is 14.7 Å². The van der Waals surface area contributed by atoms with Crippen LogP contribution in [0.2, 0.25) is 0 Å². The summed E-state index contributed by atoms with van der Waals surface area (Å²) in [6, 6.07) is -0.148. The second-order valence-electron chi connectivity index (χ2n) is 8.95. The summed E-state index contributed by atoms with van der Waals surface area (Å²) in [6.07, 6.45) is 8.26. The largest absolute Gasteiger partial charge is 0.480 e. The van der Waals surface area contributed by atoms with Crippen molar-refractivity contribution >= 4 is 11.9 Å². The lowest BCUT2D eigenvalue weighted by atomic mass is 9.76. The van der Waals surface area contributed by atoms with E-state index in [0.717, 1.165) is 51.0 Å². The molecule has 1 saturated carbocycles. The van der Waals surface area contributed by atoms with Gasteiger partial charge >= 0.3 is 5.97 Å². The van der Waals surface area contributed by atoms with Crippen LogP contribution in [-0.4, -0.2) is 62.0 Å². The Labute approximate surface area is 160 Å². The van der Waals surface area contributed by atoms with Gasteiger partial charge in [0.25, 0.3) is 0 Å². The second-order valence-corrected chi connectivity index (χ2v) is 8.95. The van der Waals surface area contributed by atoms with Gasteiger partial charge in [-0.1, -0.05) is 0 Å². The Morgan fingerprint density at radius 1 is 1.30 bits per heavy atom. The van der Waals surface area contributed by atoms with Gasteiger partial charge in [0, 0.05) is 44.3 Å². The van der Waals surface area contributed by atoms with Gasteiger partial charge in [0.2, 0.25) is 5.91 Å². The van der Waals surface area contributed by atoms with Crippen LogP contribution in [0, 0.1) is 11.3 Å². The van der Waals surface area contributed by atoms with E-state index in [4.69, 9.17) is 0 Å². The van der Waals surface area contributed by atoms with Crippen molar-refractivity contribution in [1.29, 1.82) is 0 Å². The van der Waals surface area contributed by atoms with Crippen molar-refractivity contribution in [2.75, 3.05) is 19.6 Å². The molecule has 1 spiro atoms. The highest BCUT2D eigenvalue weighted by molar-refractivity contribution is 5.81. The third kappa shape index (κ3) is 3.61. The summed E-state index contributed by atoms with van der Waals surface area (Å²) in [6.45, 7) is 7.18. The van der Waals surface area contributed by atoms with Crippen LogP contribution in [0.5, 0.6) is 0 Å². The Bertz CT molecular complexity index is 717. The molecule has 1 amide bonds. The van der Waals surface area contributed by atoms with Crippen LogP contribution in [0.3, 0.4) is 0 Å². The lowest BCUT2D eigenvalue weighted by molar-refractivity contribution is -0.142. The number of piperidine rings is 1. The van der Waals surface area contributed by atoms with E-state index >= 15 is 0 Å². The number of aliphatic carboxylic acids is 1. The number of carboxylic acid groups (broad SMARTS) is 1. The Balaban J connectivity index is 1.45. The SMILES string of the molecule is CC(C)n1cncc1CN1CC2(CCN(C(=O)C3CC3)CC2)CC1C(=O)O. The lowest BCUT2D eigenvalue weighted by Crippen LogP contribution is -2.44. The number of aromatic nitrogens is 2. The van der Waals surface area contributed by atoms with Gasteiger partial charge < -0.3 is 14.6 Å². The standard InChI is InChI=1S/C20H30N4O3/c1-14(2)24-13-21-10-16(24)11-23-12-20(9-17(23)19(26)27)5-7-22(8-6-20)18(25)15-3-4-15/h10,13-15,17H,3-9,11-12H2,1-2H3,(H,26,27). The van der Waals surface area contributed by atoms with E-state index in [1.54, 1.807) is 0 Å². The van der Waals surface area contributed by atoms with E-state index < -0.39 is 12.0 Å². The maximum absolute atomic E-state index is 12.3. The van der Waals surface area contributed by atoms with Gasteiger partial charge in [0.05, 0.1) is 12.0 Å².